The Hall–Kier alpha value is -2.33. The molecule has 3 rings (SSSR count). The zero-order valence-corrected chi connectivity index (χ0v) is 11.6. The molecule has 102 valence electrons. The summed E-state index contributed by atoms with van der Waals surface area (Å²) < 4.78 is 0. The number of hydrogen-bond donors (Lipinski definition) is 2. The number of nitrogens with zero attached hydrogens (tertiary/aromatic N) is 1. The highest BCUT2D eigenvalue weighted by molar-refractivity contribution is 6.00. The Bertz CT molecular complexity index is 641. The molecule has 1 heterocycles. The number of para-hydroxylation sites is 1. The largest absolute Gasteiger partial charge is 0.362 e. The third-order valence-electron chi connectivity index (χ3n) is 3.59. The quantitative estimate of drug-likeness (QED) is 0.834. The van der Waals surface area contributed by atoms with Crippen molar-refractivity contribution in [1.82, 2.24) is 10.4 Å². The van der Waals surface area contributed by atoms with E-state index in [1.165, 1.54) is 5.01 Å². The summed E-state index contributed by atoms with van der Waals surface area (Å²) in [5, 5.41) is 4.97. The maximum absolute atomic E-state index is 12.4. The first kappa shape index (κ1) is 12.7. The predicted octanol–water partition coefficient (Wildman–Crippen LogP) is 2.56. The van der Waals surface area contributed by atoms with E-state index in [0.717, 1.165) is 11.3 Å². The van der Waals surface area contributed by atoms with Gasteiger partial charge in [0.25, 0.3) is 5.91 Å². The van der Waals surface area contributed by atoms with E-state index in [9.17, 15) is 4.79 Å². The molecule has 4 nitrogen and oxygen atoms in total. The lowest BCUT2D eigenvalue weighted by Crippen LogP contribution is -2.53. The molecule has 0 spiro atoms. The van der Waals surface area contributed by atoms with Crippen LogP contribution in [0, 0.1) is 0 Å². The van der Waals surface area contributed by atoms with Gasteiger partial charge in [0.05, 0.1) is 5.56 Å². The van der Waals surface area contributed by atoms with Gasteiger partial charge in [0.15, 0.2) is 0 Å². The molecule has 0 radical (unpaired) electrons. The van der Waals surface area contributed by atoms with Crippen molar-refractivity contribution >= 4 is 11.6 Å². The molecule has 20 heavy (non-hydrogen) atoms. The summed E-state index contributed by atoms with van der Waals surface area (Å²) in [6.45, 7) is 2.02. The summed E-state index contributed by atoms with van der Waals surface area (Å²) in [5.41, 5.74) is 5.27. The van der Waals surface area contributed by atoms with E-state index in [4.69, 9.17) is 0 Å². The van der Waals surface area contributed by atoms with Gasteiger partial charge in [-0.05, 0) is 24.6 Å². The van der Waals surface area contributed by atoms with Crippen LogP contribution in [0.5, 0.6) is 0 Å². The number of rotatable bonds is 1. The Morgan fingerprint density at radius 3 is 2.40 bits per heavy atom. The second-order valence-electron chi connectivity index (χ2n) is 5.14. The molecule has 1 aliphatic rings. The SMILES string of the molecule is CN1NC(C)(c2ccccc2)Nc2ccccc2C1=O. The Morgan fingerprint density at radius 2 is 1.65 bits per heavy atom. The molecule has 0 fully saturated rings. The lowest BCUT2D eigenvalue weighted by Gasteiger charge is -2.34. The molecule has 0 saturated heterocycles. The van der Waals surface area contributed by atoms with Crippen molar-refractivity contribution in [3.8, 4) is 0 Å². The number of benzene rings is 2. The van der Waals surface area contributed by atoms with E-state index in [-0.39, 0.29) is 5.91 Å². The maximum Gasteiger partial charge on any atom is 0.269 e. The number of nitrogens with one attached hydrogen (secondary N) is 2. The molecule has 2 N–H and O–H groups in total. The average molecular weight is 267 g/mol. The molecule has 1 amide bonds. The van der Waals surface area contributed by atoms with Crippen molar-refractivity contribution < 1.29 is 4.79 Å². The first-order valence-electron chi connectivity index (χ1n) is 6.59. The predicted molar refractivity (Wildman–Crippen MR) is 79.1 cm³/mol. The molecule has 0 aromatic heterocycles. The topological polar surface area (TPSA) is 44.4 Å². The summed E-state index contributed by atoms with van der Waals surface area (Å²) in [6, 6.07) is 17.6. The van der Waals surface area contributed by atoms with E-state index in [1.807, 2.05) is 61.5 Å². The minimum absolute atomic E-state index is 0.0484. The van der Waals surface area contributed by atoms with Crippen LogP contribution in [0.4, 0.5) is 5.69 Å². The van der Waals surface area contributed by atoms with Crippen molar-refractivity contribution in [2.45, 2.75) is 12.6 Å². The summed E-state index contributed by atoms with van der Waals surface area (Å²) in [7, 11) is 1.74. The number of hydrazine groups is 1. The molecule has 1 atom stereocenters. The molecule has 0 aliphatic carbocycles. The summed E-state index contributed by atoms with van der Waals surface area (Å²) >= 11 is 0. The van der Waals surface area contributed by atoms with Gasteiger partial charge in [-0.3, -0.25) is 9.80 Å². The molecule has 0 bridgehead atoms. The van der Waals surface area contributed by atoms with Gasteiger partial charge >= 0.3 is 0 Å². The van der Waals surface area contributed by atoms with Crippen LogP contribution >= 0.6 is 0 Å². The molecule has 4 heteroatoms. The average Bonchev–Trinajstić information content (AvgIpc) is 2.57. The number of fused-ring (bicyclic) bond motifs is 1. The Kier molecular flexibility index (Phi) is 2.95. The molecule has 1 aliphatic heterocycles. The third-order valence-corrected chi connectivity index (χ3v) is 3.59. The van der Waals surface area contributed by atoms with Crippen molar-refractivity contribution in [1.29, 1.82) is 0 Å². The fraction of sp³-hybridized carbons (Fsp3) is 0.188. The number of amides is 1. The van der Waals surface area contributed by atoms with E-state index < -0.39 is 5.66 Å². The van der Waals surface area contributed by atoms with Crippen LogP contribution in [-0.2, 0) is 5.66 Å². The van der Waals surface area contributed by atoms with Crippen LogP contribution < -0.4 is 10.7 Å². The van der Waals surface area contributed by atoms with Gasteiger partial charge in [-0.25, -0.2) is 5.43 Å². The number of carbonyl (C=O) groups is 1. The number of carbonyl (C=O) groups excluding carboxylic acids is 1. The van der Waals surface area contributed by atoms with Crippen molar-refractivity contribution in [2.75, 3.05) is 12.4 Å². The molecular weight excluding hydrogens is 250 g/mol. The van der Waals surface area contributed by atoms with Crippen LogP contribution in [-0.4, -0.2) is 18.0 Å². The van der Waals surface area contributed by atoms with Gasteiger partial charge in [-0.15, -0.1) is 0 Å². The van der Waals surface area contributed by atoms with E-state index in [0.29, 0.717) is 5.56 Å². The second kappa shape index (κ2) is 4.65. The second-order valence-corrected chi connectivity index (χ2v) is 5.14. The van der Waals surface area contributed by atoms with Crippen LogP contribution in [0.2, 0.25) is 0 Å². The zero-order chi connectivity index (χ0) is 14.2. The van der Waals surface area contributed by atoms with Crippen LogP contribution in [0.1, 0.15) is 22.8 Å². The normalized spacial score (nSPS) is 21.9. The number of anilines is 1. The van der Waals surface area contributed by atoms with Crippen molar-refractivity contribution in [3.63, 3.8) is 0 Å². The molecule has 1 unspecified atom stereocenters. The first-order chi connectivity index (χ1) is 9.60. The van der Waals surface area contributed by atoms with E-state index in [2.05, 4.69) is 10.7 Å². The standard InChI is InChI=1S/C16H17N3O/c1-16(12-8-4-3-5-9-12)17-14-11-7-6-10-13(14)15(20)19(2)18-16/h3-11,17-18H,1-2H3. The maximum atomic E-state index is 12.4. The van der Waals surface area contributed by atoms with Gasteiger partial charge in [-0.2, -0.15) is 0 Å². The van der Waals surface area contributed by atoms with Gasteiger partial charge in [0.1, 0.15) is 5.66 Å². The van der Waals surface area contributed by atoms with Gasteiger partial charge in [0.2, 0.25) is 0 Å². The minimum Gasteiger partial charge on any atom is -0.362 e. The van der Waals surface area contributed by atoms with Crippen LogP contribution in [0.25, 0.3) is 0 Å². The van der Waals surface area contributed by atoms with Crippen molar-refractivity contribution in [2.24, 2.45) is 0 Å². The van der Waals surface area contributed by atoms with Crippen LogP contribution in [0.15, 0.2) is 54.6 Å². The fourth-order valence-electron chi connectivity index (χ4n) is 2.55. The smallest absolute Gasteiger partial charge is 0.269 e. The Morgan fingerprint density at radius 1 is 1.00 bits per heavy atom. The van der Waals surface area contributed by atoms with Crippen LogP contribution in [0.3, 0.4) is 0 Å². The molecule has 0 saturated carbocycles. The highest BCUT2D eigenvalue weighted by Gasteiger charge is 2.34. The number of hydrogen-bond acceptors (Lipinski definition) is 3. The minimum atomic E-state index is -0.543. The van der Waals surface area contributed by atoms with Gasteiger partial charge in [0, 0.05) is 12.7 Å². The zero-order valence-electron chi connectivity index (χ0n) is 11.6. The lowest BCUT2D eigenvalue weighted by atomic mass is 10.0. The van der Waals surface area contributed by atoms with E-state index >= 15 is 0 Å². The molecule has 2 aromatic carbocycles. The monoisotopic (exact) mass is 267 g/mol. The summed E-state index contributed by atoms with van der Waals surface area (Å²) in [6.07, 6.45) is 0. The summed E-state index contributed by atoms with van der Waals surface area (Å²) in [5.74, 6) is -0.0484. The van der Waals surface area contributed by atoms with Gasteiger partial charge in [-0.1, -0.05) is 42.5 Å². The highest BCUT2D eigenvalue weighted by atomic mass is 16.2. The first-order valence-corrected chi connectivity index (χ1v) is 6.59. The lowest BCUT2D eigenvalue weighted by molar-refractivity contribution is 0.0649. The Labute approximate surface area is 118 Å². The van der Waals surface area contributed by atoms with E-state index in [1.54, 1.807) is 7.05 Å². The van der Waals surface area contributed by atoms with Gasteiger partial charge < -0.3 is 5.32 Å². The van der Waals surface area contributed by atoms with Crippen molar-refractivity contribution in [3.05, 3.63) is 65.7 Å². The fourth-order valence-corrected chi connectivity index (χ4v) is 2.55. The molecule has 2 aromatic rings. The summed E-state index contributed by atoms with van der Waals surface area (Å²) in [4.78, 5) is 12.4. The Balaban J connectivity index is 2.10. The highest BCUT2D eigenvalue weighted by Crippen LogP contribution is 2.29. The molecular formula is C16H17N3O. The third kappa shape index (κ3) is 2.04.